The van der Waals surface area contributed by atoms with Crippen LogP contribution < -0.4 is 0 Å². The molecule has 86 valence electrons. The molecule has 5 nitrogen and oxygen atoms in total. The second-order valence-corrected chi connectivity index (χ2v) is 3.70. The van der Waals surface area contributed by atoms with Crippen LogP contribution in [0, 0.1) is 11.3 Å². The number of nitrogens with zero attached hydrogens (tertiary/aromatic N) is 2. The molecule has 16 heavy (non-hydrogen) atoms. The molecular formula is C11H14N2O3. The molecule has 1 unspecified atom stereocenters. The van der Waals surface area contributed by atoms with Gasteiger partial charge in [0, 0.05) is 6.04 Å². The Kier molecular flexibility index (Phi) is 4.09. The lowest BCUT2D eigenvalue weighted by Gasteiger charge is -2.20. The van der Waals surface area contributed by atoms with Crippen molar-refractivity contribution in [3.8, 4) is 6.07 Å². The van der Waals surface area contributed by atoms with Gasteiger partial charge in [0.25, 0.3) is 0 Å². The number of rotatable bonds is 5. The maximum absolute atomic E-state index is 10.6. The maximum Gasteiger partial charge on any atom is 0.371 e. The molecule has 0 bridgehead atoms. The van der Waals surface area contributed by atoms with Crippen molar-refractivity contribution in [2.45, 2.75) is 25.9 Å². The molecule has 5 heteroatoms. The van der Waals surface area contributed by atoms with Crippen LogP contribution in [0.15, 0.2) is 16.5 Å². The van der Waals surface area contributed by atoms with E-state index in [2.05, 4.69) is 6.07 Å². The van der Waals surface area contributed by atoms with Gasteiger partial charge in [-0.15, -0.1) is 0 Å². The van der Waals surface area contributed by atoms with Crippen LogP contribution in [0.1, 0.15) is 29.7 Å². The van der Waals surface area contributed by atoms with Crippen LogP contribution in [0.2, 0.25) is 0 Å². The second kappa shape index (κ2) is 5.33. The monoisotopic (exact) mass is 222 g/mol. The first kappa shape index (κ1) is 12.3. The summed E-state index contributed by atoms with van der Waals surface area (Å²) in [5.74, 6) is -0.542. The van der Waals surface area contributed by atoms with Gasteiger partial charge in [0.1, 0.15) is 5.76 Å². The van der Waals surface area contributed by atoms with Crippen LogP contribution in [0.5, 0.6) is 0 Å². The first-order chi connectivity index (χ1) is 7.54. The molecule has 1 aromatic rings. The molecule has 1 aromatic heterocycles. The lowest BCUT2D eigenvalue weighted by Crippen LogP contribution is -2.27. The van der Waals surface area contributed by atoms with E-state index in [-0.39, 0.29) is 11.8 Å². The SMILES string of the molecule is CC(CC#N)N(C)Cc1ccc(C(=O)O)o1. The molecule has 1 rings (SSSR count). The fourth-order valence-electron chi connectivity index (χ4n) is 1.27. The number of hydrogen-bond donors (Lipinski definition) is 1. The summed E-state index contributed by atoms with van der Waals surface area (Å²) in [5.41, 5.74) is 0. The van der Waals surface area contributed by atoms with Crippen molar-refractivity contribution in [2.75, 3.05) is 7.05 Å². The smallest absolute Gasteiger partial charge is 0.371 e. The van der Waals surface area contributed by atoms with E-state index in [1.54, 1.807) is 6.07 Å². The predicted octanol–water partition coefficient (Wildman–Crippen LogP) is 1.71. The van der Waals surface area contributed by atoms with E-state index in [0.717, 1.165) is 0 Å². The maximum atomic E-state index is 10.6. The van der Waals surface area contributed by atoms with Gasteiger partial charge in [0.15, 0.2) is 0 Å². The highest BCUT2D eigenvalue weighted by atomic mass is 16.4. The minimum Gasteiger partial charge on any atom is -0.475 e. The Labute approximate surface area is 93.9 Å². The first-order valence-electron chi connectivity index (χ1n) is 4.93. The first-order valence-corrected chi connectivity index (χ1v) is 4.93. The highest BCUT2D eigenvalue weighted by Gasteiger charge is 2.13. The molecule has 0 spiro atoms. The average molecular weight is 222 g/mol. The molecule has 0 aliphatic rings. The van der Waals surface area contributed by atoms with Gasteiger partial charge in [0.2, 0.25) is 5.76 Å². The van der Waals surface area contributed by atoms with Crippen LogP contribution in [0.4, 0.5) is 0 Å². The molecule has 1 atom stereocenters. The van der Waals surface area contributed by atoms with Gasteiger partial charge in [-0.3, -0.25) is 4.90 Å². The number of aromatic carboxylic acids is 1. The van der Waals surface area contributed by atoms with Gasteiger partial charge in [-0.1, -0.05) is 0 Å². The Bertz CT molecular complexity index is 406. The van der Waals surface area contributed by atoms with Crippen molar-refractivity contribution < 1.29 is 14.3 Å². The number of hydrogen-bond acceptors (Lipinski definition) is 4. The Morgan fingerprint density at radius 1 is 1.69 bits per heavy atom. The summed E-state index contributed by atoms with van der Waals surface area (Å²) in [6.07, 6.45) is 0.434. The minimum absolute atomic E-state index is 0.0589. The number of carboxylic acids is 1. The highest BCUT2D eigenvalue weighted by Crippen LogP contribution is 2.12. The Hall–Kier alpha value is -1.80. The van der Waals surface area contributed by atoms with Gasteiger partial charge in [-0.25, -0.2) is 4.79 Å². The van der Waals surface area contributed by atoms with Crippen molar-refractivity contribution in [2.24, 2.45) is 0 Å². The summed E-state index contributed by atoms with van der Waals surface area (Å²) in [6.45, 7) is 2.43. The molecule has 0 amide bonds. The van der Waals surface area contributed by atoms with Crippen molar-refractivity contribution in [1.29, 1.82) is 5.26 Å². The molecule has 1 N–H and O–H groups in total. The number of nitriles is 1. The second-order valence-electron chi connectivity index (χ2n) is 3.70. The van der Waals surface area contributed by atoms with Gasteiger partial charge in [-0.05, 0) is 26.1 Å². The van der Waals surface area contributed by atoms with E-state index in [0.29, 0.717) is 18.7 Å². The summed E-state index contributed by atoms with van der Waals surface area (Å²) in [7, 11) is 1.87. The number of furan rings is 1. The van der Waals surface area contributed by atoms with E-state index >= 15 is 0 Å². The van der Waals surface area contributed by atoms with Crippen LogP contribution in [0.3, 0.4) is 0 Å². The normalized spacial score (nSPS) is 12.4. The van der Waals surface area contributed by atoms with Gasteiger partial charge < -0.3 is 9.52 Å². The fraction of sp³-hybridized carbons (Fsp3) is 0.455. The largest absolute Gasteiger partial charge is 0.475 e. The van der Waals surface area contributed by atoms with Gasteiger partial charge >= 0.3 is 5.97 Å². The zero-order chi connectivity index (χ0) is 12.1. The van der Waals surface area contributed by atoms with E-state index < -0.39 is 5.97 Å². The molecule has 0 aromatic carbocycles. The summed E-state index contributed by atoms with van der Waals surface area (Å²) in [4.78, 5) is 12.5. The van der Waals surface area contributed by atoms with Crippen LogP contribution in [-0.2, 0) is 6.54 Å². The van der Waals surface area contributed by atoms with E-state index in [4.69, 9.17) is 14.8 Å². The van der Waals surface area contributed by atoms with E-state index in [9.17, 15) is 4.79 Å². The van der Waals surface area contributed by atoms with Crippen molar-refractivity contribution >= 4 is 5.97 Å². The molecule has 0 fully saturated rings. The zero-order valence-electron chi connectivity index (χ0n) is 9.30. The Morgan fingerprint density at radius 3 is 2.88 bits per heavy atom. The third kappa shape index (κ3) is 3.11. The van der Waals surface area contributed by atoms with Gasteiger partial charge in [0.05, 0.1) is 19.0 Å². The molecule has 1 heterocycles. The molecular weight excluding hydrogens is 208 g/mol. The molecule has 0 aliphatic heterocycles. The van der Waals surface area contributed by atoms with Crippen molar-refractivity contribution in [1.82, 2.24) is 4.90 Å². The summed E-state index contributed by atoms with van der Waals surface area (Å²) < 4.78 is 5.12. The molecule has 0 saturated carbocycles. The zero-order valence-corrected chi connectivity index (χ0v) is 9.30. The van der Waals surface area contributed by atoms with Crippen molar-refractivity contribution in [3.63, 3.8) is 0 Å². The standard InChI is InChI=1S/C11H14N2O3/c1-8(5-6-12)13(2)7-9-3-4-10(16-9)11(14)15/h3-4,8H,5,7H2,1-2H3,(H,14,15). The highest BCUT2D eigenvalue weighted by molar-refractivity contribution is 5.84. The average Bonchev–Trinajstić information content (AvgIpc) is 2.66. The fourth-order valence-corrected chi connectivity index (χ4v) is 1.27. The third-order valence-corrected chi connectivity index (χ3v) is 2.42. The summed E-state index contributed by atoms with van der Waals surface area (Å²) in [6, 6.07) is 5.27. The predicted molar refractivity (Wildman–Crippen MR) is 56.8 cm³/mol. The Morgan fingerprint density at radius 2 is 2.38 bits per heavy atom. The topological polar surface area (TPSA) is 77.5 Å². The molecule has 0 aliphatic carbocycles. The lowest BCUT2D eigenvalue weighted by atomic mass is 10.2. The molecule has 0 saturated heterocycles. The Balaban J connectivity index is 2.59. The number of carbonyl (C=O) groups is 1. The summed E-state index contributed by atoms with van der Waals surface area (Å²) in [5, 5.41) is 17.2. The quantitative estimate of drug-likeness (QED) is 0.820. The lowest BCUT2D eigenvalue weighted by molar-refractivity contribution is 0.0658. The van der Waals surface area contributed by atoms with E-state index in [1.165, 1.54) is 6.07 Å². The van der Waals surface area contributed by atoms with Gasteiger partial charge in [-0.2, -0.15) is 5.26 Å². The van der Waals surface area contributed by atoms with Crippen LogP contribution in [0.25, 0.3) is 0 Å². The summed E-state index contributed by atoms with van der Waals surface area (Å²) >= 11 is 0. The van der Waals surface area contributed by atoms with Crippen LogP contribution in [-0.4, -0.2) is 29.1 Å². The van der Waals surface area contributed by atoms with E-state index in [1.807, 2.05) is 18.9 Å². The van der Waals surface area contributed by atoms with Crippen LogP contribution >= 0.6 is 0 Å². The third-order valence-electron chi connectivity index (χ3n) is 2.42. The minimum atomic E-state index is -1.07. The number of carboxylic acid groups (broad SMARTS) is 1. The van der Waals surface area contributed by atoms with Crippen molar-refractivity contribution in [3.05, 3.63) is 23.7 Å². The molecule has 0 radical (unpaired) electrons.